The van der Waals surface area contributed by atoms with E-state index < -0.39 is 11.7 Å². The maximum Gasteiger partial charge on any atom is 0.407 e. The van der Waals surface area contributed by atoms with Crippen LogP contribution in [0.1, 0.15) is 5.56 Å². The summed E-state index contributed by atoms with van der Waals surface area (Å²) in [5.74, 6) is 0. The highest BCUT2D eigenvalue weighted by Gasteiger charge is 2.12. The SMILES string of the molecule is CN(Cc1cnn(C)c(=O)c1Cl)C(=O)O. The van der Waals surface area contributed by atoms with E-state index in [0.717, 1.165) is 9.58 Å². The van der Waals surface area contributed by atoms with Crippen molar-refractivity contribution in [3.8, 4) is 0 Å². The molecule has 1 heterocycles. The van der Waals surface area contributed by atoms with Gasteiger partial charge in [0.2, 0.25) is 0 Å². The van der Waals surface area contributed by atoms with Crippen molar-refractivity contribution in [2.75, 3.05) is 7.05 Å². The molecule has 0 fully saturated rings. The molecule has 0 aliphatic rings. The van der Waals surface area contributed by atoms with Crippen LogP contribution in [0.2, 0.25) is 5.02 Å². The third-order valence-corrected chi connectivity index (χ3v) is 2.29. The largest absolute Gasteiger partial charge is 0.465 e. The fourth-order valence-corrected chi connectivity index (χ4v) is 1.21. The third kappa shape index (κ3) is 2.47. The van der Waals surface area contributed by atoms with Crippen molar-refractivity contribution >= 4 is 17.7 Å². The van der Waals surface area contributed by atoms with Gasteiger partial charge in [-0.3, -0.25) is 4.79 Å². The normalized spacial score (nSPS) is 10.1. The number of aryl methyl sites for hydroxylation is 1. The van der Waals surface area contributed by atoms with Crippen molar-refractivity contribution in [3.05, 3.63) is 27.1 Å². The summed E-state index contributed by atoms with van der Waals surface area (Å²) < 4.78 is 1.09. The van der Waals surface area contributed by atoms with Crippen LogP contribution in [0.3, 0.4) is 0 Å². The van der Waals surface area contributed by atoms with Gasteiger partial charge in [0.25, 0.3) is 5.56 Å². The molecule has 0 aliphatic carbocycles. The molecule has 0 saturated carbocycles. The number of carboxylic acid groups (broad SMARTS) is 1. The molecule has 1 amide bonds. The minimum atomic E-state index is -1.09. The molecule has 7 heteroatoms. The van der Waals surface area contributed by atoms with Gasteiger partial charge in [-0.05, 0) is 0 Å². The lowest BCUT2D eigenvalue weighted by atomic mass is 10.3. The van der Waals surface area contributed by atoms with Gasteiger partial charge in [0, 0.05) is 19.7 Å². The van der Waals surface area contributed by atoms with E-state index in [1.165, 1.54) is 20.3 Å². The Morgan fingerprint density at radius 3 is 2.87 bits per heavy atom. The fourth-order valence-electron chi connectivity index (χ4n) is 0.978. The Bertz CT molecular complexity index is 443. The third-order valence-electron chi connectivity index (χ3n) is 1.88. The van der Waals surface area contributed by atoms with E-state index in [1.54, 1.807) is 0 Å². The number of hydrogen-bond acceptors (Lipinski definition) is 3. The first-order valence-corrected chi connectivity index (χ1v) is 4.46. The van der Waals surface area contributed by atoms with Crippen LogP contribution in [0.5, 0.6) is 0 Å². The molecule has 1 rings (SSSR count). The Labute approximate surface area is 90.7 Å². The molecule has 1 aromatic heterocycles. The van der Waals surface area contributed by atoms with Crippen LogP contribution in [-0.2, 0) is 13.6 Å². The first-order chi connectivity index (χ1) is 6.93. The second kappa shape index (κ2) is 4.31. The van der Waals surface area contributed by atoms with Crippen LogP contribution in [-0.4, -0.2) is 32.9 Å². The Morgan fingerprint density at radius 2 is 2.33 bits per heavy atom. The summed E-state index contributed by atoms with van der Waals surface area (Å²) in [6.07, 6.45) is 0.287. The quantitative estimate of drug-likeness (QED) is 0.806. The van der Waals surface area contributed by atoms with Crippen LogP contribution >= 0.6 is 11.6 Å². The highest BCUT2D eigenvalue weighted by atomic mass is 35.5. The van der Waals surface area contributed by atoms with Crippen molar-refractivity contribution in [2.45, 2.75) is 6.54 Å². The van der Waals surface area contributed by atoms with Crippen LogP contribution in [0, 0.1) is 0 Å². The Morgan fingerprint density at radius 1 is 1.73 bits per heavy atom. The zero-order valence-electron chi connectivity index (χ0n) is 8.27. The van der Waals surface area contributed by atoms with Crippen molar-refractivity contribution in [3.63, 3.8) is 0 Å². The first kappa shape index (κ1) is 11.5. The summed E-state index contributed by atoms with van der Waals surface area (Å²) in [5.41, 5.74) is -0.0439. The zero-order valence-corrected chi connectivity index (χ0v) is 9.02. The summed E-state index contributed by atoms with van der Waals surface area (Å²) in [4.78, 5) is 22.9. The van der Waals surface area contributed by atoms with Crippen molar-refractivity contribution in [1.29, 1.82) is 0 Å². The number of carbonyl (C=O) groups is 1. The van der Waals surface area contributed by atoms with Gasteiger partial charge in [-0.1, -0.05) is 11.6 Å². The van der Waals surface area contributed by atoms with Gasteiger partial charge in [0.05, 0.1) is 12.7 Å². The predicted molar refractivity (Wildman–Crippen MR) is 54.0 cm³/mol. The van der Waals surface area contributed by atoms with Gasteiger partial charge >= 0.3 is 6.09 Å². The molecular weight excluding hydrogens is 222 g/mol. The van der Waals surface area contributed by atoms with Crippen LogP contribution in [0.25, 0.3) is 0 Å². The molecule has 0 saturated heterocycles. The number of aromatic nitrogens is 2. The summed E-state index contributed by atoms with van der Waals surface area (Å²) in [5, 5.41) is 12.4. The maximum atomic E-state index is 11.3. The molecule has 15 heavy (non-hydrogen) atoms. The molecular formula is C8H10ClN3O3. The van der Waals surface area contributed by atoms with Crippen LogP contribution in [0.4, 0.5) is 4.79 Å². The van der Waals surface area contributed by atoms with Crippen molar-refractivity contribution in [2.24, 2.45) is 7.05 Å². The van der Waals surface area contributed by atoms with Crippen LogP contribution in [0.15, 0.2) is 11.0 Å². The lowest BCUT2D eigenvalue weighted by molar-refractivity contribution is 0.153. The van der Waals surface area contributed by atoms with Gasteiger partial charge < -0.3 is 10.0 Å². The number of nitrogens with zero attached hydrogens (tertiary/aromatic N) is 3. The Hall–Kier alpha value is -1.56. The van der Waals surface area contributed by atoms with Gasteiger partial charge in [-0.2, -0.15) is 5.10 Å². The summed E-state index contributed by atoms with van der Waals surface area (Å²) in [6, 6.07) is 0. The van der Waals surface area contributed by atoms with Crippen molar-refractivity contribution in [1.82, 2.24) is 14.7 Å². The minimum Gasteiger partial charge on any atom is -0.465 e. The molecule has 0 spiro atoms. The van der Waals surface area contributed by atoms with E-state index in [4.69, 9.17) is 16.7 Å². The number of amides is 1. The zero-order chi connectivity index (χ0) is 11.6. The Balaban J connectivity index is 3.02. The van der Waals surface area contributed by atoms with E-state index in [1.807, 2.05) is 0 Å². The summed E-state index contributed by atoms with van der Waals surface area (Å²) >= 11 is 5.75. The van der Waals surface area contributed by atoms with Crippen molar-refractivity contribution < 1.29 is 9.90 Å². The second-order valence-corrected chi connectivity index (χ2v) is 3.43. The molecule has 0 aromatic carbocycles. The monoisotopic (exact) mass is 231 g/mol. The molecule has 0 aliphatic heterocycles. The molecule has 0 atom stereocenters. The predicted octanol–water partition coefficient (Wildman–Crippen LogP) is 0.544. The second-order valence-electron chi connectivity index (χ2n) is 3.05. The lowest BCUT2D eigenvalue weighted by Crippen LogP contribution is -2.27. The number of rotatable bonds is 2. The molecule has 1 aromatic rings. The highest BCUT2D eigenvalue weighted by molar-refractivity contribution is 6.31. The molecule has 1 N–H and O–H groups in total. The summed E-state index contributed by atoms with van der Waals surface area (Å²) in [7, 11) is 2.86. The van der Waals surface area contributed by atoms with E-state index in [2.05, 4.69) is 5.10 Å². The first-order valence-electron chi connectivity index (χ1n) is 4.08. The lowest BCUT2D eigenvalue weighted by Gasteiger charge is -2.13. The number of halogens is 1. The van der Waals surface area contributed by atoms with Crippen LogP contribution < -0.4 is 5.56 Å². The highest BCUT2D eigenvalue weighted by Crippen LogP contribution is 2.10. The van der Waals surface area contributed by atoms with Gasteiger partial charge in [0.15, 0.2) is 0 Å². The van der Waals surface area contributed by atoms with E-state index in [9.17, 15) is 9.59 Å². The molecule has 0 bridgehead atoms. The van der Waals surface area contributed by atoms with Gasteiger partial charge in [-0.25, -0.2) is 9.48 Å². The average Bonchev–Trinajstić information content (AvgIpc) is 2.18. The average molecular weight is 232 g/mol. The number of hydrogen-bond donors (Lipinski definition) is 1. The minimum absolute atomic E-state index is 0.000556. The molecule has 82 valence electrons. The van der Waals surface area contributed by atoms with E-state index in [0.29, 0.717) is 5.56 Å². The smallest absolute Gasteiger partial charge is 0.407 e. The standard InChI is InChI=1S/C8H10ClN3O3/c1-11(8(14)15)4-5-3-10-12(2)7(13)6(5)9/h3H,4H2,1-2H3,(H,14,15). The molecule has 6 nitrogen and oxygen atoms in total. The summed E-state index contributed by atoms with van der Waals surface area (Å²) in [6.45, 7) is 0.0389. The topological polar surface area (TPSA) is 75.4 Å². The fraction of sp³-hybridized carbons (Fsp3) is 0.375. The Kier molecular flexibility index (Phi) is 3.31. The van der Waals surface area contributed by atoms with E-state index >= 15 is 0 Å². The maximum absolute atomic E-state index is 11.3. The molecule has 0 radical (unpaired) electrons. The van der Waals surface area contributed by atoms with Gasteiger partial charge in [-0.15, -0.1) is 0 Å². The van der Waals surface area contributed by atoms with E-state index in [-0.39, 0.29) is 11.6 Å². The molecule has 0 unspecified atom stereocenters. The van der Waals surface area contributed by atoms with Gasteiger partial charge in [0.1, 0.15) is 5.02 Å².